The van der Waals surface area contributed by atoms with Crippen LogP contribution in [0, 0.1) is 12.8 Å². The van der Waals surface area contributed by atoms with Crippen molar-refractivity contribution in [3.8, 4) is 0 Å². The molecule has 1 aromatic heterocycles. The molecule has 2 bridgehead atoms. The van der Waals surface area contributed by atoms with Crippen LogP contribution < -0.4 is 10.2 Å². The third-order valence-electron chi connectivity index (χ3n) is 4.03. The Bertz CT molecular complexity index is 448. The zero-order chi connectivity index (χ0) is 14.1. The normalized spacial score (nSPS) is 25.7. The Labute approximate surface area is 125 Å². The minimum atomic E-state index is 0.431. The monoisotopic (exact) mass is 295 g/mol. The predicted octanol–water partition coefficient (Wildman–Crippen LogP) is 2.56. The van der Waals surface area contributed by atoms with E-state index in [2.05, 4.69) is 31.0 Å². The summed E-state index contributed by atoms with van der Waals surface area (Å²) in [4.78, 5) is 8.58. The van der Waals surface area contributed by atoms with Crippen molar-refractivity contribution in [3.05, 3.63) is 10.6 Å². The molecule has 0 radical (unpaired) electrons. The first-order valence-electron chi connectivity index (χ1n) is 7.69. The standard InChI is InChI=1S/C15H25N3OS/c1-10(2)6-16-7-14-11(3)17-15(20-14)18-8-12-4-5-13(9-18)19-12/h10,12-13,16H,4-9H2,1-3H3. The molecule has 4 nitrogen and oxygen atoms in total. The molecule has 0 aliphatic carbocycles. The fourth-order valence-electron chi connectivity index (χ4n) is 2.96. The zero-order valence-electron chi connectivity index (χ0n) is 12.7. The number of anilines is 1. The maximum atomic E-state index is 5.90. The Morgan fingerprint density at radius 2 is 2.05 bits per heavy atom. The molecule has 0 saturated carbocycles. The molecule has 2 unspecified atom stereocenters. The van der Waals surface area contributed by atoms with Gasteiger partial charge >= 0.3 is 0 Å². The average molecular weight is 295 g/mol. The van der Waals surface area contributed by atoms with Crippen LogP contribution >= 0.6 is 11.3 Å². The van der Waals surface area contributed by atoms with Crippen molar-refractivity contribution in [2.45, 2.75) is 52.4 Å². The Kier molecular flexibility index (Phi) is 4.29. The number of hydrogen-bond acceptors (Lipinski definition) is 5. The number of thiazole rings is 1. The summed E-state index contributed by atoms with van der Waals surface area (Å²) < 4.78 is 5.90. The van der Waals surface area contributed by atoms with Crippen LogP contribution in [0.4, 0.5) is 5.13 Å². The van der Waals surface area contributed by atoms with E-state index >= 15 is 0 Å². The topological polar surface area (TPSA) is 37.4 Å². The summed E-state index contributed by atoms with van der Waals surface area (Å²) in [5, 5.41) is 4.70. The van der Waals surface area contributed by atoms with Gasteiger partial charge in [-0.3, -0.25) is 0 Å². The highest BCUT2D eigenvalue weighted by Crippen LogP contribution is 2.33. The number of aryl methyl sites for hydroxylation is 1. The minimum absolute atomic E-state index is 0.431. The van der Waals surface area contributed by atoms with Gasteiger partial charge in [0.2, 0.25) is 0 Å². The van der Waals surface area contributed by atoms with Crippen molar-refractivity contribution in [2.75, 3.05) is 24.5 Å². The van der Waals surface area contributed by atoms with E-state index in [1.165, 1.54) is 28.5 Å². The number of nitrogens with one attached hydrogen (secondary N) is 1. The number of nitrogens with zero attached hydrogens (tertiary/aromatic N) is 2. The highest BCUT2D eigenvalue weighted by molar-refractivity contribution is 7.15. The van der Waals surface area contributed by atoms with Crippen LogP contribution in [0.1, 0.15) is 37.3 Å². The van der Waals surface area contributed by atoms with Crippen LogP contribution in [0.2, 0.25) is 0 Å². The first kappa shape index (κ1) is 14.3. The molecule has 1 N–H and O–H groups in total. The molecule has 2 aliphatic rings. The highest BCUT2D eigenvalue weighted by atomic mass is 32.1. The molecule has 20 heavy (non-hydrogen) atoms. The van der Waals surface area contributed by atoms with E-state index in [0.717, 1.165) is 26.2 Å². The second-order valence-electron chi connectivity index (χ2n) is 6.39. The molecule has 2 atom stereocenters. The fourth-order valence-corrected chi connectivity index (χ4v) is 4.01. The lowest BCUT2D eigenvalue weighted by atomic mass is 10.2. The van der Waals surface area contributed by atoms with E-state index in [1.807, 2.05) is 11.3 Å². The molecule has 3 rings (SSSR count). The SMILES string of the molecule is Cc1nc(N2CC3CCC(C2)O3)sc1CNCC(C)C. The van der Waals surface area contributed by atoms with E-state index in [-0.39, 0.29) is 0 Å². The second kappa shape index (κ2) is 6.00. The largest absolute Gasteiger partial charge is 0.371 e. The van der Waals surface area contributed by atoms with Gasteiger partial charge in [0.15, 0.2) is 5.13 Å². The molecule has 2 aliphatic heterocycles. The molecule has 0 spiro atoms. The Balaban J connectivity index is 1.63. The average Bonchev–Trinajstić information content (AvgIpc) is 2.93. The van der Waals surface area contributed by atoms with Crippen molar-refractivity contribution in [2.24, 2.45) is 5.92 Å². The maximum absolute atomic E-state index is 5.90. The van der Waals surface area contributed by atoms with Crippen molar-refractivity contribution >= 4 is 16.5 Å². The molecule has 112 valence electrons. The number of ether oxygens (including phenoxy) is 1. The van der Waals surface area contributed by atoms with Crippen molar-refractivity contribution in [1.29, 1.82) is 0 Å². The molecule has 0 amide bonds. The summed E-state index contributed by atoms with van der Waals surface area (Å²) in [5.41, 5.74) is 1.18. The number of rotatable bonds is 5. The minimum Gasteiger partial charge on any atom is -0.371 e. The summed E-state index contributed by atoms with van der Waals surface area (Å²) in [6.07, 6.45) is 3.30. The summed E-state index contributed by atoms with van der Waals surface area (Å²) in [6.45, 7) is 10.6. The van der Waals surface area contributed by atoms with Gasteiger partial charge in [-0.1, -0.05) is 13.8 Å². The van der Waals surface area contributed by atoms with Gasteiger partial charge in [-0.15, -0.1) is 11.3 Å². The molecule has 0 aromatic carbocycles. The third kappa shape index (κ3) is 3.15. The van der Waals surface area contributed by atoms with E-state index in [1.54, 1.807) is 0 Å². The Hall–Kier alpha value is -0.650. The van der Waals surface area contributed by atoms with Gasteiger partial charge in [0.05, 0.1) is 17.9 Å². The van der Waals surface area contributed by atoms with Crippen molar-refractivity contribution in [3.63, 3.8) is 0 Å². The third-order valence-corrected chi connectivity index (χ3v) is 5.25. The quantitative estimate of drug-likeness (QED) is 0.906. The molecule has 3 heterocycles. The smallest absolute Gasteiger partial charge is 0.185 e. The molecule has 1 aromatic rings. The molecule has 5 heteroatoms. The summed E-state index contributed by atoms with van der Waals surface area (Å²) in [5.74, 6) is 0.692. The predicted molar refractivity (Wildman–Crippen MR) is 83.5 cm³/mol. The van der Waals surface area contributed by atoms with Crippen molar-refractivity contribution in [1.82, 2.24) is 10.3 Å². The number of aromatic nitrogens is 1. The molecule has 2 fully saturated rings. The first-order valence-corrected chi connectivity index (χ1v) is 8.51. The maximum Gasteiger partial charge on any atom is 0.185 e. The van der Waals surface area contributed by atoms with Crippen LogP contribution in [0.15, 0.2) is 0 Å². The summed E-state index contributed by atoms with van der Waals surface area (Å²) >= 11 is 1.85. The second-order valence-corrected chi connectivity index (χ2v) is 7.45. The van der Waals surface area contributed by atoms with Gasteiger partial charge in [0.25, 0.3) is 0 Å². The van der Waals surface area contributed by atoms with Crippen LogP contribution in [0.25, 0.3) is 0 Å². The van der Waals surface area contributed by atoms with Crippen molar-refractivity contribution < 1.29 is 4.74 Å². The van der Waals surface area contributed by atoms with Gasteiger partial charge in [0, 0.05) is 24.5 Å². The van der Waals surface area contributed by atoms with Crippen LogP contribution in [0.3, 0.4) is 0 Å². The van der Waals surface area contributed by atoms with E-state index in [9.17, 15) is 0 Å². The van der Waals surface area contributed by atoms with Gasteiger partial charge < -0.3 is 15.0 Å². The zero-order valence-corrected chi connectivity index (χ0v) is 13.5. The number of hydrogen-bond donors (Lipinski definition) is 1. The summed E-state index contributed by atoms with van der Waals surface area (Å²) in [7, 11) is 0. The van der Waals surface area contributed by atoms with E-state index < -0.39 is 0 Å². The Morgan fingerprint density at radius 1 is 1.35 bits per heavy atom. The molecular weight excluding hydrogens is 270 g/mol. The Morgan fingerprint density at radius 3 is 2.70 bits per heavy atom. The van der Waals surface area contributed by atoms with Crippen LogP contribution in [-0.2, 0) is 11.3 Å². The lowest BCUT2D eigenvalue weighted by Gasteiger charge is -2.31. The fraction of sp³-hybridized carbons (Fsp3) is 0.800. The summed E-state index contributed by atoms with van der Waals surface area (Å²) in [6, 6.07) is 0. The van der Waals surface area contributed by atoms with E-state index in [0.29, 0.717) is 18.1 Å². The van der Waals surface area contributed by atoms with Gasteiger partial charge in [-0.25, -0.2) is 4.98 Å². The van der Waals surface area contributed by atoms with Gasteiger partial charge in [-0.2, -0.15) is 0 Å². The van der Waals surface area contributed by atoms with Gasteiger partial charge in [-0.05, 0) is 32.2 Å². The molecule has 2 saturated heterocycles. The van der Waals surface area contributed by atoms with Crippen LogP contribution in [0.5, 0.6) is 0 Å². The molecular formula is C15H25N3OS. The highest BCUT2D eigenvalue weighted by Gasteiger charge is 2.34. The van der Waals surface area contributed by atoms with Crippen LogP contribution in [-0.4, -0.2) is 36.8 Å². The first-order chi connectivity index (χ1) is 9.61. The van der Waals surface area contributed by atoms with Gasteiger partial charge in [0.1, 0.15) is 0 Å². The number of morpholine rings is 1. The number of fused-ring (bicyclic) bond motifs is 2. The lowest BCUT2D eigenvalue weighted by molar-refractivity contribution is 0.0305. The van der Waals surface area contributed by atoms with E-state index in [4.69, 9.17) is 9.72 Å². The lowest BCUT2D eigenvalue weighted by Crippen LogP contribution is -2.42.